The van der Waals surface area contributed by atoms with Crippen LogP contribution in [-0.2, 0) is 6.54 Å². The largest absolute Gasteiger partial charge is 0.378 e. The van der Waals surface area contributed by atoms with Crippen molar-refractivity contribution in [3.63, 3.8) is 0 Å². The van der Waals surface area contributed by atoms with Crippen molar-refractivity contribution in [2.75, 3.05) is 19.0 Å². The van der Waals surface area contributed by atoms with E-state index in [1.54, 1.807) is 0 Å². The summed E-state index contributed by atoms with van der Waals surface area (Å²) in [5, 5.41) is 0. The maximum absolute atomic E-state index is 2.32. The molecule has 2 heteroatoms. The van der Waals surface area contributed by atoms with Crippen molar-refractivity contribution in [2.45, 2.75) is 77.7 Å². The van der Waals surface area contributed by atoms with E-state index in [9.17, 15) is 0 Å². The summed E-state index contributed by atoms with van der Waals surface area (Å²) in [6.07, 6.45) is 18.4. The van der Waals surface area contributed by atoms with E-state index in [0.717, 1.165) is 6.54 Å². The van der Waals surface area contributed by atoms with Gasteiger partial charge in [-0.25, -0.2) is 4.57 Å². The fourth-order valence-corrected chi connectivity index (χ4v) is 3.53. The molecule has 0 atom stereocenters. The molecule has 27 heavy (non-hydrogen) atoms. The average Bonchev–Trinajstić information content (AvgIpc) is 2.70. The molecule has 0 aliphatic carbocycles. The molecule has 2 nitrogen and oxygen atoms in total. The Bertz CT molecular complexity index is 614. The van der Waals surface area contributed by atoms with Crippen LogP contribution < -0.4 is 9.47 Å². The molecule has 0 aliphatic rings. The minimum Gasteiger partial charge on any atom is -0.378 e. The minimum absolute atomic E-state index is 1.14. The van der Waals surface area contributed by atoms with Gasteiger partial charge in [-0.05, 0) is 29.7 Å². The third kappa shape index (κ3) is 8.15. The lowest BCUT2D eigenvalue weighted by atomic mass is 10.1. The number of hydrogen-bond donors (Lipinski definition) is 0. The Morgan fingerprint density at radius 1 is 0.630 bits per heavy atom. The smallest absolute Gasteiger partial charge is 0.169 e. The maximum Gasteiger partial charge on any atom is 0.169 e. The highest BCUT2D eigenvalue weighted by Crippen LogP contribution is 2.21. The zero-order chi connectivity index (χ0) is 19.3. The van der Waals surface area contributed by atoms with Gasteiger partial charge in [0.15, 0.2) is 12.4 Å². The van der Waals surface area contributed by atoms with Crippen LogP contribution in [0.25, 0.3) is 11.1 Å². The molecule has 0 N–H and O–H groups in total. The highest BCUT2D eigenvalue weighted by Gasteiger charge is 2.04. The van der Waals surface area contributed by atoms with Crippen LogP contribution >= 0.6 is 0 Å². The summed E-state index contributed by atoms with van der Waals surface area (Å²) < 4.78 is 2.32. The van der Waals surface area contributed by atoms with E-state index in [1.807, 2.05) is 0 Å². The summed E-state index contributed by atoms with van der Waals surface area (Å²) in [7, 11) is 4.15. The standard InChI is InChI=1S/C25H39N2/c1-4-5-6-7-8-9-10-11-12-13-20-27-21-18-24(19-22-27)23-14-16-25(17-15-23)26(2)3/h14-19,21-22H,4-13,20H2,1-3H3/q+1. The molecule has 0 saturated heterocycles. The van der Waals surface area contributed by atoms with Crippen LogP contribution in [0.2, 0.25) is 0 Å². The van der Waals surface area contributed by atoms with Gasteiger partial charge in [0.05, 0.1) is 0 Å². The van der Waals surface area contributed by atoms with Crippen molar-refractivity contribution < 1.29 is 4.57 Å². The van der Waals surface area contributed by atoms with Crippen molar-refractivity contribution in [1.29, 1.82) is 0 Å². The van der Waals surface area contributed by atoms with Crippen molar-refractivity contribution in [1.82, 2.24) is 0 Å². The van der Waals surface area contributed by atoms with Crippen LogP contribution in [0.5, 0.6) is 0 Å². The van der Waals surface area contributed by atoms with E-state index in [-0.39, 0.29) is 0 Å². The lowest BCUT2D eigenvalue weighted by Crippen LogP contribution is -2.32. The first kappa shape index (κ1) is 21.5. The Kier molecular flexibility index (Phi) is 9.97. The monoisotopic (exact) mass is 367 g/mol. The summed E-state index contributed by atoms with van der Waals surface area (Å²) in [6.45, 7) is 3.42. The van der Waals surface area contributed by atoms with Crippen LogP contribution in [0.15, 0.2) is 48.8 Å². The number of hydrogen-bond acceptors (Lipinski definition) is 1. The first-order valence-corrected chi connectivity index (χ1v) is 11.0. The van der Waals surface area contributed by atoms with E-state index in [4.69, 9.17) is 0 Å². The highest BCUT2D eigenvalue weighted by atomic mass is 15.1. The van der Waals surface area contributed by atoms with Gasteiger partial charge >= 0.3 is 0 Å². The summed E-state index contributed by atoms with van der Waals surface area (Å²) in [6, 6.07) is 13.2. The molecule has 0 radical (unpaired) electrons. The lowest BCUT2D eigenvalue weighted by molar-refractivity contribution is -0.697. The number of nitrogens with zero attached hydrogens (tertiary/aromatic N) is 2. The van der Waals surface area contributed by atoms with E-state index in [1.165, 1.54) is 81.0 Å². The normalized spacial score (nSPS) is 10.9. The van der Waals surface area contributed by atoms with E-state index < -0.39 is 0 Å². The van der Waals surface area contributed by atoms with Crippen molar-refractivity contribution >= 4 is 5.69 Å². The van der Waals surface area contributed by atoms with E-state index >= 15 is 0 Å². The van der Waals surface area contributed by atoms with Crippen LogP contribution in [0.3, 0.4) is 0 Å². The second kappa shape index (κ2) is 12.5. The molecule has 0 amide bonds. The molecule has 2 aromatic rings. The van der Waals surface area contributed by atoms with Crippen molar-refractivity contribution in [3.05, 3.63) is 48.8 Å². The number of rotatable bonds is 13. The fourth-order valence-electron chi connectivity index (χ4n) is 3.53. The number of aromatic nitrogens is 1. The van der Waals surface area contributed by atoms with Gasteiger partial charge in [0.2, 0.25) is 0 Å². The number of aryl methyl sites for hydroxylation is 1. The molecule has 0 bridgehead atoms. The molecule has 1 heterocycles. The van der Waals surface area contributed by atoms with Gasteiger partial charge in [0.25, 0.3) is 0 Å². The zero-order valence-corrected chi connectivity index (χ0v) is 17.8. The molecular weight excluding hydrogens is 328 g/mol. The molecule has 2 rings (SSSR count). The van der Waals surface area contributed by atoms with Gasteiger partial charge in [-0.3, -0.25) is 0 Å². The molecular formula is C25H39N2+. The predicted molar refractivity (Wildman–Crippen MR) is 118 cm³/mol. The third-order valence-electron chi connectivity index (χ3n) is 5.38. The SMILES string of the molecule is CCCCCCCCCCCC[n+]1ccc(-c2ccc(N(C)C)cc2)cc1. The van der Waals surface area contributed by atoms with Crippen molar-refractivity contribution in [3.8, 4) is 11.1 Å². The van der Waals surface area contributed by atoms with E-state index in [2.05, 4.69) is 79.3 Å². The number of anilines is 1. The van der Waals surface area contributed by atoms with Crippen LogP contribution in [0.1, 0.15) is 71.1 Å². The molecule has 1 aromatic heterocycles. The molecule has 0 saturated carbocycles. The Morgan fingerprint density at radius 2 is 1.11 bits per heavy atom. The second-order valence-electron chi connectivity index (χ2n) is 7.95. The average molecular weight is 368 g/mol. The molecule has 148 valence electrons. The van der Waals surface area contributed by atoms with Gasteiger partial charge < -0.3 is 4.90 Å². The van der Waals surface area contributed by atoms with Gasteiger partial charge in [-0.2, -0.15) is 0 Å². The maximum atomic E-state index is 2.32. The predicted octanol–water partition coefficient (Wildman–Crippen LogP) is 6.63. The van der Waals surface area contributed by atoms with Gasteiger partial charge in [-0.15, -0.1) is 0 Å². The quantitative estimate of drug-likeness (QED) is 0.285. The summed E-state index contributed by atoms with van der Waals surface area (Å²) in [5.41, 5.74) is 3.82. The Labute approximate surface area is 167 Å². The van der Waals surface area contributed by atoms with Crippen LogP contribution in [0.4, 0.5) is 5.69 Å². The molecule has 0 spiro atoms. The van der Waals surface area contributed by atoms with Gasteiger partial charge in [-0.1, -0.05) is 70.4 Å². The molecule has 0 fully saturated rings. The summed E-state index contributed by atoms with van der Waals surface area (Å²) in [5.74, 6) is 0. The van der Waals surface area contributed by atoms with Crippen LogP contribution in [0, 0.1) is 0 Å². The summed E-state index contributed by atoms with van der Waals surface area (Å²) in [4.78, 5) is 2.13. The number of pyridine rings is 1. The second-order valence-corrected chi connectivity index (χ2v) is 7.95. The van der Waals surface area contributed by atoms with Crippen LogP contribution in [-0.4, -0.2) is 14.1 Å². The lowest BCUT2D eigenvalue weighted by Gasteiger charge is -2.12. The highest BCUT2D eigenvalue weighted by molar-refractivity contribution is 5.65. The number of unbranched alkanes of at least 4 members (excludes halogenated alkanes) is 9. The molecule has 0 aliphatic heterocycles. The molecule has 0 unspecified atom stereocenters. The Balaban J connectivity index is 1.63. The van der Waals surface area contributed by atoms with E-state index in [0.29, 0.717) is 0 Å². The zero-order valence-electron chi connectivity index (χ0n) is 17.8. The summed E-state index contributed by atoms with van der Waals surface area (Å²) >= 11 is 0. The first-order valence-electron chi connectivity index (χ1n) is 11.0. The number of benzene rings is 1. The Hall–Kier alpha value is -1.83. The topological polar surface area (TPSA) is 7.12 Å². The van der Waals surface area contributed by atoms with Crippen molar-refractivity contribution in [2.24, 2.45) is 0 Å². The first-order chi connectivity index (χ1) is 13.2. The fraction of sp³-hybridized carbons (Fsp3) is 0.560. The minimum atomic E-state index is 1.14. The van der Waals surface area contributed by atoms with Gasteiger partial charge in [0, 0.05) is 38.3 Å². The van der Waals surface area contributed by atoms with Gasteiger partial charge in [0.1, 0.15) is 6.54 Å². The Morgan fingerprint density at radius 3 is 1.63 bits per heavy atom. The third-order valence-corrected chi connectivity index (χ3v) is 5.38. The molecule has 1 aromatic carbocycles.